The highest BCUT2D eigenvalue weighted by molar-refractivity contribution is 5.14. The molecule has 0 aliphatic heterocycles. The highest BCUT2D eigenvalue weighted by Gasteiger charge is 2.36. The fourth-order valence-electron chi connectivity index (χ4n) is 1.86. The number of hydrogen-bond donors (Lipinski definition) is 1. The summed E-state index contributed by atoms with van der Waals surface area (Å²) in [7, 11) is 0. The maximum Gasteiger partial charge on any atom is 0.0155 e. The van der Waals surface area contributed by atoms with Crippen LogP contribution in [0.2, 0.25) is 0 Å². The minimum atomic E-state index is 0.247. The summed E-state index contributed by atoms with van der Waals surface area (Å²) >= 11 is 0. The van der Waals surface area contributed by atoms with Crippen molar-refractivity contribution in [1.82, 2.24) is 0 Å². The van der Waals surface area contributed by atoms with Gasteiger partial charge in [0.2, 0.25) is 0 Å². The lowest BCUT2D eigenvalue weighted by molar-refractivity contribution is 0.556. The molecule has 1 heteroatoms. The first-order valence-electron chi connectivity index (χ1n) is 5.61. The first kappa shape index (κ1) is 9.72. The molecule has 1 saturated carbocycles. The normalized spacial score (nSPS) is 18.1. The van der Waals surface area contributed by atoms with Crippen molar-refractivity contribution in [3.8, 4) is 0 Å². The van der Waals surface area contributed by atoms with Crippen molar-refractivity contribution in [1.29, 1.82) is 0 Å². The van der Waals surface area contributed by atoms with Crippen LogP contribution in [0.5, 0.6) is 0 Å². The Kier molecular flexibility index (Phi) is 2.87. The molecule has 0 amide bonds. The molecule has 0 radical (unpaired) electrons. The number of aryl methyl sites for hydroxylation is 1. The number of unbranched alkanes of at least 4 members (excludes halogenated alkanes) is 1. The Hall–Kier alpha value is -0.820. The lowest BCUT2D eigenvalue weighted by Crippen LogP contribution is -2.20. The minimum Gasteiger partial charge on any atom is -0.325 e. The summed E-state index contributed by atoms with van der Waals surface area (Å²) in [6, 6.07) is 10.7. The zero-order valence-electron chi connectivity index (χ0n) is 8.71. The summed E-state index contributed by atoms with van der Waals surface area (Å²) in [5.41, 5.74) is 7.73. The average Bonchev–Trinajstić information content (AvgIpc) is 2.94. The van der Waals surface area contributed by atoms with Crippen molar-refractivity contribution in [2.75, 3.05) is 0 Å². The Balaban J connectivity index is 1.63. The Morgan fingerprint density at radius 2 is 1.79 bits per heavy atom. The largest absolute Gasteiger partial charge is 0.325 e. The summed E-state index contributed by atoms with van der Waals surface area (Å²) in [5, 5.41) is 0. The van der Waals surface area contributed by atoms with E-state index in [1.54, 1.807) is 0 Å². The van der Waals surface area contributed by atoms with Crippen molar-refractivity contribution in [3.05, 3.63) is 35.9 Å². The third-order valence-electron chi connectivity index (χ3n) is 3.13. The molecule has 1 aromatic carbocycles. The van der Waals surface area contributed by atoms with Crippen molar-refractivity contribution >= 4 is 0 Å². The van der Waals surface area contributed by atoms with E-state index in [9.17, 15) is 0 Å². The molecule has 0 unspecified atom stereocenters. The molecule has 1 nitrogen and oxygen atoms in total. The molecule has 1 aliphatic rings. The van der Waals surface area contributed by atoms with Gasteiger partial charge in [-0.2, -0.15) is 0 Å². The molecule has 14 heavy (non-hydrogen) atoms. The highest BCUT2D eigenvalue weighted by Crippen LogP contribution is 2.36. The predicted octanol–water partition coefficient (Wildman–Crippen LogP) is 2.89. The van der Waals surface area contributed by atoms with E-state index in [2.05, 4.69) is 30.3 Å². The van der Waals surface area contributed by atoms with Gasteiger partial charge in [0.15, 0.2) is 0 Å². The van der Waals surface area contributed by atoms with E-state index >= 15 is 0 Å². The van der Waals surface area contributed by atoms with Crippen LogP contribution < -0.4 is 5.73 Å². The van der Waals surface area contributed by atoms with E-state index < -0.39 is 0 Å². The first-order valence-corrected chi connectivity index (χ1v) is 5.61. The van der Waals surface area contributed by atoms with Crippen LogP contribution in [-0.4, -0.2) is 5.54 Å². The predicted molar refractivity (Wildman–Crippen MR) is 60.1 cm³/mol. The van der Waals surface area contributed by atoms with Crippen molar-refractivity contribution in [3.63, 3.8) is 0 Å². The molecule has 0 spiro atoms. The second kappa shape index (κ2) is 4.14. The van der Waals surface area contributed by atoms with E-state index in [1.807, 2.05) is 0 Å². The fraction of sp³-hybridized carbons (Fsp3) is 0.538. The summed E-state index contributed by atoms with van der Waals surface area (Å²) in [5.74, 6) is 0. The molecule has 76 valence electrons. The Morgan fingerprint density at radius 1 is 1.07 bits per heavy atom. The molecule has 1 aliphatic carbocycles. The first-order chi connectivity index (χ1) is 6.79. The molecule has 1 fully saturated rings. The average molecular weight is 189 g/mol. The maximum absolute atomic E-state index is 6.03. The summed E-state index contributed by atoms with van der Waals surface area (Å²) < 4.78 is 0. The van der Waals surface area contributed by atoms with Crippen LogP contribution >= 0.6 is 0 Å². The fourth-order valence-corrected chi connectivity index (χ4v) is 1.86. The van der Waals surface area contributed by atoms with Gasteiger partial charge in [-0.1, -0.05) is 36.8 Å². The zero-order valence-corrected chi connectivity index (χ0v) is 8.71. The molecule has 0 heterocycles. The minimum absolute atomic E-state index is 0.247. The monoisotopic (exact) mass is 189 g/mol. The summed E-state index contributed by atoms with van der Waals surface area (Å²) in [6.45, 7) is 0. The van der Waals surface area contributed by atoms with Crippen LogP contribution in [0.3, 0.4) is 0 Å². The van der Waals surface area contributed by atoms with Gasteiger partial charge in [0.1, 0.15) is 0 Å². The third-order valence-corrected chi connectivity index (χ3v) is 3.13. The van der Waals surface area contributed by atoms with Crippen molar-refractivity contribution < 1.29 is 0 Å². The Morgan fingerprint density at radius 3 is 2.43 bits per heavy atom. The topological polar surface area (TPSA) is 26.0 Å². The second-order valence-corrected chi connectivity index (χ2v) is 4.56. The number of benzene rings is 1. The van der Waals surface area contributed by atoms with Gasteiger partial charge >= 0.3 is 0 Å². The molecule has 0 aromatic heterocycles. The maximum atomic E-state index is 6.03. The second-order valence-electron chi connectivity index (χ2n) is 4.56. The molecule has 1 aromatic rings. The molecule has 2 N–H and O–H groups in total. The van der Waals surface area contributed by atoms with E-state index in [0.717, 1.165) is 0 Å². The standard InChI is InChI=1S/C13H19N/c14-13(10-11-13)9-5-4-8-12-6-2-1-3-7-12/h1-3,6-7H,4-5,8-11,14H2. The van der Waals surface area contributed by atoms with Gasteiger partial charge in [-0.25, -0.2) is 0 Å². The quantitative estimate of drug-likeness (QED) is 0.708. The van der Waals surface area contributed by atoms with Gasteiger partial charge < -0.3 is 5.73 Å². The lowest BCUT2D eigenvalue weighted by Gasteiger charge is -2.07. The van der Waals surface area contributed by atoms with Crippen LogP contribution in [0.4, 0.5) is 0 Å². The Labute approximate surface area is 86.3 Å². The molecule has 2 rings (SSSR count). The van der Waals surface area contributed by atoms with E-state index in [1.165, 1.54) is 44.1 Å². The van der Waals surface area contributed by atoms with E-state index in [4.69, 9.17) is 5.73 Å². The molecule has 0 atom stereocenters. The van der Waals surface area contributed by atoms with Crippen molar-refractivity contribution in [2.45, 2.75) is 44.1 Å². The molecule has 0 saturated heterocycles. The summed E-state index contributed by atoms with van der Waals surface area (Å²) in [4.78, 5) is 0. The molecular weight excluding hydrogens is 170 g/mol. The van der Waals surface area contributed by atoms with Gasteiger partial charge in [-0.3, -0.25) is 0 Å². The van der Waals surface area contributed by atoms with Gasteiger partial charge in [0.25, 0.3) is 0 Å². The van der Waals surface area contributed by atoms with Gasteiger partial charge in [-0.05, 0) is 37.7 Å². The highest BCUT2D eigenvalue weighted by atomic mass is 14.8. The summed E-state index contributed by atoms with van der Waals surface area (Å²) in [6.07, 6.45) is 7.49. The number of nitrogens with two attached hydrogens (primary N) is 1. The van der Waals surface area contributed by atoms with Gasteiger partial charge in [0.05, 0.1) is 0 Å². The van der Waals surface area contributed by atoms with Crippen LogP contribution in [0, 0.1) is 0 Å². The zero-order chi connectivity index (χ0) is 9.86. The van der Waals surface area contributed by atoms with Gasteiger partial charge in [0, 0.05) is 5.54 Å². The van der Waals surface area contributed by atoms with Crippen LogP contribution in [0.25, 0.3) is 0 Å². The van der Waals surface area contributed by atoms with Gasteiger partial charge in [-0.15, -0.1) is 0 Å². The molecular formula is C13H19N. The van der Waals surface area contributed by atoms with E-state index in [0.29, 0.717) is 0 Å². The SMILES string of the molecule is NC1(CCCCc2ccccc2)CC1. The van der Waals surface area contributed by atoms with E-state index in [-0.39, 0.29) is 5.54 Å². The van der Waals surface area contributed by atoms with Crippen LogP contribution in [0.1, 0.15) is 37.7 Å². The van der Waals surface area contributed by atoms with Crippen LogP contribution in [0.15, 0.2) is 30.3 Å². The third kappa shape index (κ3) is 2.85. The smallest absolute Gasteiger partial charge is 0.0155 e. The lowest BCUT2D eigenvalue weighted by atomic mass is 10.0. The van der Waals surface area contributed by atoms with Crippen molar-refractivity contribution in [2.24, 2.45) is 5.73 Å². The Bertz CT molecular complexity index is 275. The van der Waals surface area contributed by atoms with Crippen LogP contribution in [-0.2, 0) is 6.42 Å². The molecule has 0 bridgehead atoms. The number of rotatable bonds is 5. The number of hydrogen-bond acceptors (Lipinski definition) is 1.